The second-order valence-corrected chi connectivity index (χ2v) is 18.1. The molecule has 0 N–H and O–H groups in total. The zero-order chi connectivity index (χ0) is 13.9. The summed E-state index contributed by atoms with van der Waals surface area (Å²) in [7, 11) is 0. The minimum atomic E-state index is -1.58. The molecule has 0 atom stereocenters. The van der Waals surface area contributed by atoms with Crippen LogP contribution in [0.5, 0.6) is 0 Å². The van der Waals surface area contributed by atoms with Crippen molar-refractivity contribution in [3.05, 3.63) is 0 Å². The van der Waals surface area contributed by atoms with Gasteiger partial charge in [0.1, 0.15) is 0 Å². The van der Waals surface area contributed by atoms with Gasteiger partial charge in [0.05, 0.1) is 0 Å². The van der Waals surface area contributed by atoms with Crippen molar-refractivity contribution < 1.29 is 0 Å². The van der Waals surface area contributed by atoms with E-state index in [1.165, 1.54) is 74.9 Å². The van der Waals surface area contributed by atoms with Crippen LogP contribution in [0.4, 0.5) is 0 Å². The summed E-state index contributed by atoms with van der Waals surface area (Å²) in [6, 6.07) is 0. The van der Waals surface area contributed by atoms with Gasteiger partial charge in [-0.15, -0.1) is 0 Å². The first-order valence-corrected chi connectivity index (χ1v) is 13.9. The maximum atomic E-state index is 4.41. The molecule has 0 aromatic heterocycles. The molecule has 0 rings (SSSR count). The van der Waals surface area contributed by atoms with E-state index >= 15 is 0 Å². The monoisotopic (exact) mass is 402 g/mol. The summed E-state index contributed by atoms with van der Waals surface area (Å²) in [5.74, 6) is 0. The number of hydrogen-bond acceptors (Lipinski definition) is 0. The van der Waals surface area contributed by atoms with Gasteiger partial charge in [0.25, 0.3) is 0 Å². The molecule has 18 heavy (non-hydrogen) atoms. The van der Waals surface area contributed by atoms with Crippen LogP contribution in [0.15, 0.2) is 0 Å². The van der Waals surface area contributed by atoms with Gasteiger partial charge >= 0.3 is 132 Å². The van der Waals surface area contributed by atoms with Crippen molar-refractivity contribution in [2.45, 2.75) is 65.7 Å². The SMILES string of the molecule is CCCCP(Br)(CCCC)(CCCC)CCCBr. The Morgan fingerprint density at radius 2 is 1.00 bits per heavy atom. The Hall–Kier alpha value is 1.39. The fourth-order valence-corrected chi connectivity index (χ4v) is 12.1. The molecule has 0 unspecified atom stereocenters. The summed E-state index contributed by atoms with van der Waals surface area (Å²) < 4.78 is 0. The number of rotatable bonds is 12. The quantitative estimate of drug-likeness (QED) is 0.242. The van der Waals surface area contributed by atoms with Crippen LogP contribution >= 0.6 is 36.7 Å². The van der Waals surface area contributed by atoms with Crippen LogP contribution in [-0.4, -0.2) is 30.0 Å². The average Bonchev–Trinajstić information content (AvgIpc) is 2.40. The molecular weight excluding hydrogens is 371 g/mol. The molecule has 0 spiro atoms. The van der Waals surface area contributed by atoms with Crippen LogP contribution in [0.1, 0.15) is 65.7 Å². The number of alkyl halides is 1. The van der Waals surface area contributed by atoms with Gasteiger partial charge in [0.2, 0.25) is 0 Å². The zero-order valence-corrected chi connectivity index (χ0v) is 16.8. The molecule has 0 aliphatic carbocycles. The van der Waals surface area contributed by atoms with Gasteiger partial charge in [0.15, 0.2) is 0 Å². The maximum absolute atomic E-state index is 4.41. The normalized spacial score (nSPS) is 14.4. The van der Waals surface area contributed by atoms with Crippen molar-refractivity contribution in [3.63, 3.8) is 0 Å². The predicted octanol–water partition coefficient (Wildman–Crippen LogP) is 7.03. The van der Waals surface area contributed by atoms with Crippen molar-refractivity contribution in [3.8, 4) is 0 Å². The first kappa shape index (κ1) is 19.4. The number of halogens is 2. The third-order valence-electron chi connectivity index (χ3n) is 4.06. The van der Waals surface area contributed by atoms with E-state index in [0.29, 0.717) is 0 Å². The third kappa shape index (κ3) is 7.25. The molecular formula is C15H33Br2P. The van der Waals surface area contributed by atoms with Crippen LogP contribution in [0.2, 0.25) is 0 Å². The summed E-state index contributed by atoms with van der Waals surface area (Å²) in [6.45, 7) is 6.99. The standard InChI is InChI=1S/C15H33Br2P/c1-4-7-12-18(17,13-8-5-2,14-9-6-3)15-10-11-16/h4-15H2,1-3H3. The van der Waals surface area contributed by atoms with Crippen molar-refractivity contribution >= 4 is 36.7 Å². The average molecular weight is 404 g/mol. The van der Waals surface area contributed by atoms with Crippen LogP contribution in [0.25, 0.3) is 0 Å². The van der Waals surface area contributed by atoms with Crippen LogP contribution in [0, 0.1) is 0 Å². The van der Waals surface area contributed by atoms with E-state index in [-0.39, 0.29) is 0 Å². The minimum absolute atomic E-state index is 1.17. The van der Waals surface area contributed by atoms with Gasteiger partial charge in [-0.2, -0.15) is 0 Å². The van der Waals surface area contributed by atoms with E-state index < -0.39 is 5.31 Å². The topological polar surface area (TPSA) is 0 Å². The van der Waals surface area contributed by atoms with Crippen molar-refractivity contribution in [2.24, 2.45) is 0 Å². The summed E-state index contributed by atoms with van der Waals surface area (Å²) in [4.78, 5) is 0. The Morgan fingerprint density at radius 1 is 0.667 bits per heavy atom. The van der Waals surface area contributed by atoms with Crippen molar-refractivity contribution in [2.75, 3.05) is 30.0 Å². The molecule has 0 heterocycles. The number of hydrogen-bond donors (Lipinski definition) is 0. The van der Waals surface area contributed by atoms with E-state index in [1.807, 2.05) is 0 Å². The Kier molecular flexibility index (Phi) is 11.0. The molecule has 0 saturated carbocycles. The molecule has 0 aromatic carbocycles. The predicted molar refractivity (Wildman–Crippen MR) is 98.5 cm³/mol. The first-order chi connectivity index (χ1) is 8.54. The molecule has 0 aliphatic rings. The van der Waals surface area contributed by atoms with Gasteiger partial charge in [-0.1, -0.05) is 0 Å². The molecule has 0 aromatic rings. The van der Waals surface area contributed by atoms with Gasteiger partial charge in [-0.05, 0) is 0 Å². The van der Waals surface area contributed by atoms with Gasteiger partial charge in [0, 0.05) is 0 Å². The van der Waals surface area contributed by atoms with E-state index in [0.717, 1.165) is 0 Å². The summed E-state index contributed by atoms with van der Waals surface area (Å²) in [6.07, 6.45) is 15.5. The molecule has 0 fully saturated rings. The van der Waals surface area contributed by atoms with Gasteiger partial charge in [-0.3, -0.25) is 0 Å². The fourth-order valence-electron chi connectivity index (χ4n) is 2.79. The Labute approximate surface area is 132 Å². The van der Waals surface area contributed by atoms with Crippen LogP contribution in [-0.2, 0) is 0 Å². The molecule has 0 saturated heterocycles. The molecule has 0 amide bonds. The van der Waals surface area contributed by atoms with Crippen LogP contribution in [0.3, 0.4) is 0 Å². The Balaban J connectivity index is 4.82. The Bertz CT molecular complexity index is 163. The third-order valence-corrected chi connectivity index (χ3v) is 14.6. The summed E-state index contributed by atoms with van der Waals surface area (Å²) >= 11 is 8.04. The Morgan fingerprint density at radius 3 is 1.28 bits per heavy atom. The van der Waals surface area contributed by atoms with E-state index in [1.54, 1.807) is 0 Å². The van der Waals surface area contributed by atoms with E-state index in [4.69, 9.17) is 0 Å². The second-order valence-electron chi connectivity index (χ2n) is 5.82. The van der Waals surface area contributed by atoms with Crippen LogP contribution < -0.4 is 0 Å². The van der Waals surface area contributed by atoms with E-state index in [9.17, 15) is 0 Å². The molecule has 0 aliphatic heterocycles. The van der Waals surface area contributed by atoms with E-state index in [2.05, 4.69) is 52.2 Å². The first-order valence-electron chi connectivity index (χ1n) is 7.82. The summed E-state index contributed by atoms with van der Waals surface area (Å²) in [5.41, 5.74) is 0. The molecule has 0 nitrogen and oxygen atoms in total. The summed E-state index contributed by atoms with van der Waals surface area (Å²) in [5, 5.41) is -0.411. The molecule has 112 valence electrons. The number of unbranched alkanes of at least 4 members (excludes halogenated alkanes) is 3. The zero-order valence-electron chi connectivity index (χ0n) is 12.7. The fraction of sp³-hybridized carbons (Fsp3) is 1.00. The van der Waals surface area contributed by atoms with Crippen molar-refractivity contribution in [1.82, 2.24) is 0 Å². The van der Waals surface area contributed by atoms with Gasteiger partial charge < -0.3 is 0 Å². The molecule has 0 bridgehead atoms. The van der Waals surface area contributed by atoms with Crippen molar-refractivity contribution in [1.29, 1.82) is 0 Å². The molecule has 0 radical (unpaired) electrons. The molecule has 3 heteroatoms. The van der Waals surface area contributed by atoms with Gasteiger partial charge in [-0.25, -0.2) is 0 Å². The second kappa shape index (κ2) is 10.2.